The van der Waals surface area contributed by atoms with Crippen molar-refractivity contribution in [3.05, 3.63) is 47.8 Å². The van der Waals surface area contributed by atoms with Gasteiger partial charge in [-0.3, -0.25) is 4.40 Å². The van der Waals surface area contributed by atoms with Gasteiger partial charge in [-0.2, -0.15) is 0 Å². The van der Waals surface area contributed by atoms with Crippen LogP contribution in [0.2, 0.25) is 0 Å². The van der Waals surface area contributed by atoms with E-state index in [9.17, 15) is 0 Å². The van der Waals surface area contributed by atoms with Crippen LogP contribution in [0.5, 0.6) is 0 Å². The zero-order chi connectivity index (χ0) is 13.2. The Kier molecular flexibility index (Phi) is 3.24. The Hall–Kier alpha value is -1.83. The van der Waals surface area contributed by atoms with Crippen LogP contribution in [-0.2, 0) is 12.8 Å². The zero-order valence-electron chi connectivity index (χ0n) is 11.7. The van der Waals surface area contributed by atoms with Gasteiger partial charge in [-0.25, -0.2) is 4.98 Å². The number of hydrogen-bond acceptors (Lipinski definition) is 1. The van der Waals surface area contributed by atoms with Crippen LogP contribution in [0.3, 0.4) is 0 Å². The lowest BCUT2D eigenvalue weighted by molar-refractivity contribution is 0.865. The zero-order valence-corrected chi connectivity index (χ0v) is 11.7. The SMILES string of the molecule is CCCc1c(CCC)c2nccn2c2ccccc12. The molecule has 0 aliphatic heterocycles. The molecule has 0 saturated heterocycles. The quantitative estimate of drug-likeness (QED) is 0.673. The van der Waals surface area contributed by atoms with Gasteiger partial charge in [-0.05, 0) is 30.0 Å². The molecular formula is C17H20N2. The van der Waals surface area contributed by atoms with Gasteiger partial charge in [0.05, 0.1) is 5.52 Å². The van der Waals surface area contributed by atoms with E-state index in [-0.39, 0.29) is 0 Å². The smallest absolute Gasteiger partial charge is 0.140 e. The molecule has 0 unspecified atom stereocenters. The van der Waals surface area contributed by atoms with Crippen LogP contribution in [0.1, 0.15) is 37.8 Å². The Morgan fingerprint density at radius 1 is 1.00 bits per heavy atom. The summed E-state index contributed by atoms with van der Waals surface area (Å²) in [6.07, 6.45) is 8.58. The second kappa shape index (κ2) is 5.04. The van der Waals surface area contributed by atoms with Crippen molar-refractivity contribution in [2.75, 3.05) is 0 Å². The third-order valence-corrected chi connectivity index (χ3v) is 3.76. The van der Waals surface area contributed by atoms with Gasteiger partial charge in [0.2, 0.25) is 0 Å². The van der Waals surface area contributed by atoms with Gasteiger partial charge in [-0.15, -0.1) is 0 Å². The first-order valence-corrected chi connectivity index (χ1v) is 7.22. The van der Waals surface area contributed by atoms with Crippen molar-refractivity contribution in [1.29, 1.82) is 0 Å². The average molecular weight is 252 g/mol. The predicted octanol–water partition coefficient (Wildman–Crippen LogP) is 4.39. The van der Waals surface area contributed by atoms with Gasteiger partial charge in [0, 0.05) is 17.8 Å². The standard InChI is InChI=1S/C17H20N2/c1-3-7-13-14-9-5-6-10-16(14)19-12-11-18-17(19)15(13)8-4-2/h5-6,9-12H,3-4,7-8H2,1-2H3. The second-order valence-corrected chi connectivity index (χ2v) is 5.10. The molecule has 3 aromatic rings. The number of aromatic nitrogens is 2. The summed E-state index contributed by atoms with van der Waals surface area (Å²) in [5, 5.41) is 1.39. The van der Waals surface area contributed by atoms with E-state index < -0.39 is 0 Å². The highest BCUT2D eigenvalue weighted by atomic mass is 15.0. The lowest BCUT2D eigenvalue weighted by atomic mass is 9.96. The molecule has 0 N–H and O–H groups in total. The van der Waals surface area contributed by atoms with Gasteiger partial charge in [0.1, 0.15) is 5.65 Å². The molecule has 1 aromatic carbocycles. The van der Waals surface area contributed by atoms with Gasteiger partial charge in [-0.1, -0.05) is 44.9 Å². The largest absolute Gasteiger partial charge is 0.299 e. The highest BCUT2D eigenvalue weighted by Gasteiger charge is 2.13. The number of aryl methyl sites for hydroxylation is 2. The molecule has 0 saturated carbocycles. The Bertz CT molecular complexity index is 710. The van der Waals surface area contributed by atoms with Crippen molar-refractivity contribution in [2.24, 2.45) is 0 Å². The van der Waals surface area contributed by atoms with Gasteiger partial charge < -0.3 is 0 Å². The minimum Gasteiger partial charge on any atom is -0.299 e. The van der Waals surface area contributed by atoms with E-state index in [4.69, 9.17) is 0 Å². The molecule has 98 valence electrons. The second-order valence-electron chi connectivity index (χ2n) is 5.10. The minimum atomic E-state index is 1.11. The molecule has 2 nitrogen and oxygen atoms in total. The summed E-state index contributed by atoms with van der Waals surface area (Å²) in [5.74, 6) is 0. The molecule has 0 amide bonds. The van der Waals surface area contributed by atoms with Crippen molar-refractivity contribution < 1.29 is 0 Å². The van der Waals surface area contributed by atoms with Crippen LogP contribution < -0.4 is 0 Å². The highest BCUT2D eigenvalue weighted by Crippen LogP contribution is 2.28. The van der Waals surface area contributed by atoms with Crippen molar-refractivity contribution in [3.8, 4) is 0 Å². The number of rotatable bonds is 4. The van der Waals surface area contributed by atoms with Crippen LogP contribution in [0, 0.1) is 0 Å². The third kappa shape index (κ3) is 1.92. The average Bonchev–Trinajstić information content (AvgIpc) is 2.92. The molecule has 0 atom stereocenters. The summed E-state index contributed by atoms with van der Waals surface area (Å²) in [7, 11) is 0. The Balaban J connectivity index is 2.44. The van der Waals surface area contributed by atoms with Crippen LogP contribution in [0.25, 0.3) is 16.6 Å². The van der Waals surface area contributed by atoms with Crippen molar-refractivity contribution in [3.63, 3.8) is 0 Å². The summed E-state index contributed by atoms with van der Waals surface area (Å²) in [6.45, 7) is 4.49. The normalized spacial score (nSPS) is 11.5. The highest BCUT2D eigenvalue weighted by molar-refractivity contribution is 5.87. The molecule has 2 aromatic heterocycles. The molecule has 0 bridgehead atoms. The van der Waals surface area contributed by atoms with E-state index in [2.05, 4.69) is 53.7 Å². The number of imidazole rings is 1. The monoisotopic (exact) mass is 252 g/mol. The maximum absolute atomic E-state index is 4.59. The molecule has 0 aliphatic rings. The van der Waals surface area contributed by atoms with Crippen LogP contribution in [0.15, 0.2) is 36.7 Å². The topological polar surface area (TPSA) is 17.3 Å². The number of nitrogens with zero attached hydrogens (tertiary/aromatic N) is 2. The van der Waals surface area contributed by atoms with Crippen LogP contribution in [-0.4, -0.2) is 9.38 Å². The number of fused-ring (bicyclic) bond motifs is 3. The summed E-state index contributed by atoms with van der Waals surface area (Å²) >= 11 is 0. The maximum atomic E-state index is 4.59. The number of para-hydroxylation sites is 1. The van der Waals surface area contributed by atoms with Crippen molar-refractivity contribution in [1.82, 2.24) is 9.38 Å². The maximum Gasteiger partial charge on any atom is 0.140 e. The summed E-state index contributed by atoms with van der Waals surface area (Å²) in [6, 6.07) is 8.69. The first kappa shape index (κ1) is 12.2. The van der Waals surface area contributed by atoms with Crippen molar-refractivity contribution in [2.45, 2.75) is 39.5 Å². The Morgan fingerprint density at radius 3 is 2.53 bits per heavy atom. The van der Waals surface area contributed by atoms with E-state index in [1.807, 2.05) is 6.20 Å². The summed E-state index contributed by atoms with van der Waals surface area (Å²) in [5.41, 5.74) is 5.36. The molecule has 0 spiro atoms. The number of pyridine rings is 1. The fourth-order valence-corrected chi connectivity index (χ4v) is 3.01. The molecular weight excluding hydrogens is 232 g/mol. The minimum absolute atomic E-state index is 1.11. The molecule has 0 aliphatic carbocycles. The lowest BCUT2D eigenvalue weighted by Gasteiger charge is -2.14. The molecule has 3 rings (SSSR count). The van der Waals surface area contributed by atoms with E-state index >= 15 is 0 Å². The molecule has 0 radical (unpaired) electrons. The van der Waals surface area contributed by atoms with E-state index in [0.29, 0.717) is 0 Å². The van der Waals surface area contributed by atoms with Crippen molar-refractivity contribution >= 4 is 16.6 Å². The first-order chi connectivity index (χ1) is 9.36. The van der Waals surface area contributed by atoms with E-state index in [0.717, 1.165) is 24.9 Å². The Labute approximate surface area is 114 Å². The first-order valence-electron chi connectivity index (χ1n) is 7.22. The van der Waals surface area contributed by atoms with Gasteiger partial charge in [0.25, 0.3) is 0 Å². The summed E-state index contributed by atoms with van der Waals surface area (Å²) < 4.78 is 2.24. The molecule has 2 heterocycles. The van der Waals surface area contributed by atoms with Gasteiger partial charge in [0.15, 0.2) is 0 Å². The Morgan fingerprint density at radius 2 is 1.74 bits per heavy atom. The lowest BCUT2D eigenvalue weighted by Crippen LogP contribution is -2.02. The van der Waals surface area contributed by atoms with E-state index in [1.54, 1.807) is 0 Å². The molecule has 0 fully saturated rings. The molecule has 2 heteroatoms. The fourth-order valence-electron chi connectivity index (χ4n) is 3.01. The predicted molar refractivity (Wildman–Crippen MR) is 80.7 cm³/mol. The van der Waals surface area contributed by atoms with Crippen LogP contribution in [0.4, 0.5) is 0 Å². The fraction of sp³-hybridized carbons (Fsp3) is 0.353. The summed E-state index contributed by atoms with van der Waals surface area (Å²) in [4.78, 5) is 4.59. The van der Waals surface area contributed by atoms with E-state index in [1.165, 1.54) is 28.5 Å². The third-order valence-electron chi connectivity index (χ3n) is 3.76. The number of benzene rings is 1. The van der Waals surface area contributed by atoms with Gasteiger partial charge >= 0.3 is 0 Å². The van der Waals surface area contributed by atoms with Crippen LogP contribution >= 0.6 is 0 Å². The number of hydrogen-bond donors (Lipinski definition) is 0. The molecule has 19 heavy (non-hydrogen) atoms.